The summed E-state index contributed by atoms with van der Waals surface area (Å²) in [4.78, 5) is 0. The van der Waals surface area contributed by atoms with E-state index in [1.54, 1.807) is 0 Å². The molecule has 0 spiro atoms. The normalized spacial score (nSPS) is 12.9. The molecule has 52 heavy (non-hydrogen) atoms. The zero-order valence-corrected chi connectivity index (χ0v) is 37.3. The Kier molecular flexibility index (Phi) is 47.1. The Balaban J connectivity index is 4.07. The van der Waals surface area contributed by atoms with Gasteiger partial charge in [-0.05, 0) is 25.2 Å². The molecule has 0 fully saturated rings. The molecule has 0 aromatic rings. The van der Waals surface area contributed by atoms with Crippen molar-refractivity contribution in [3.8, 4) is 0 Å². The van der Waals surface area contributed by atoms with Gasteiger partial charge in [-0.1, -0.05) is 297 Å². The van der Waals surface area contributed by atoms with Crippen molar-refractivity contribution in [1.29, 1.82) is 0 Å². The smallest absolute Gasteiger partial charge is 0.00671 e. The summed E-state index contributed by atoms with van der Waals surface area (Å²) in [7, 11) is 0. The lowest BCUT2D eigenvalue weighted by molar-refractivity contribution is 0.321. The summed E-state index contributed by atoms with van der Waals surface area (Å²) in [5.41, 5.74) is 6.98. The predicted molar refractivity (Wildman–Crippen MR) is 241 cm³/mol. The lowest BCUT2D eigenvalue weighted by Gasteiger charge is -2.24. The van der Waals surface area contributed by atoms with Crippen molar-refractivity contribution in [3.63, 3.8) is 0 Å². The van der Waals surface area contributed by atoms with Crippen LogP contribution in [-0.2, 0) is 0 Å². The van der Waals surface area contributed by atoms with Crippen LogP contribution in [0.4, 0.5) is 0 Å². The van der Waals surface area contributed by atoms with E-state index in [0.717, 1.165) is 5.92 Å². The minimum absolute atomic E-state index is 0.450. The summed E-state index contributed by atoms with van der Waals surface area (Å²) < 4.78 is 0. The molecule has 1 heteroatoms. The number of hydrogen-bond donors (Lipinski definition) is 1. The van der Waals surface area contributed by atoms with Crippen LogP contribution in [0.1, 0.15) is 316 Å². The van der Waals surface area contributed by atoms with Gasteiger partial charge in [0.05, 0.1) is 0 Å². The van der Waals surface area contributed by atoms with Gasteiger partial charge in [-0.25, -0.2) is 0 Å². The average molecular weight is 732 g/mol. The van der Waals surface area contributed by atoms with E-state index in [1.165, 1.54) is 295 Å². The Hall–Kier alpha value is -0.0400. The molecule has 2 unspecified atom stereocenters. The van der Waals surface area contributed by atoms with Crippen molar-refractivity contribution in [2.75, 3.05) is 0 Å². The van der Waals surface area contributed by atoms with Crippen LogP contribution < -0.4 is 5.73 Å². The maximum Gasteiger partial charge on any atom is 0.00671 e. The summed E-state index contributed by atoms with van der Waals surface area (Å²) in [5.74, 6) is 0.779. The zero-order valence-electron chi connectivity index (χ0n) is 37.3. The summed E-state index contributed by atoms with van der Waals surface area (Å²) >= 11 is 0. The lowest BCUT2D eigenvalue weighted by atomic mass is 9.86. The van der Waals surface area contributed by atoms with Crippen molar-refractivity contribution in [2.24, 2.45) is 11.7 Å². The van der Waals surface area contributed by atoms with Crippen molar-refractivity contribution in [2.45, 2.75) is 322 Å². The van der Waals surface area contributed by atoms with Gasteiger partial charge in [0.15, 0.2) is 0 Å². The highest BCUT2D eigenvalue weighted by Crippen LogP contribution is 2.25. The summed E-state index contributed by atoms with van der Waals surface area (Å²) in [6, 6.07) is 0.450. The highest BCUT2D eigenvalue weighted by molar-refractivity contribution is 4.74. The first kappa shape index (κ1) is 52.0. The van der Waals surface area contributed by atoms with Crippen LogP contribution in [0.2, 0.25) is 0 Å². The Morgan fingerprint density at radius 3 is 0.558 bits per heavy atom. The minimum atomic E-state index is 0.450. The predicted octanol–water partition coefficient (Wildman–Crippen LogP) is 18.9. The molecule has 0 rings (SSSR count). The highest BCUT2D eigenvalue weighted by atomic mass is 14.6. The Labute approximate surface area is 332 Å². The van der Waals surface area contributed by atoms with Crippen molar-refractivity contribution < 1.29 is 0 Å². The van der Waals surface area contributed by atoms with E-state index in [-0.39, 0.29) is 0 Å². The number of hydrogen-bond acceptors (Lipinski definition) is 1. The van der Waals surface area contributed by atoms with E-state index in [0.29, 0.717) is 6.04 Å². The Morgan fingerprint density at radius 2 is 0.365 bits per heavy atom. The molecule has 0 amide bonds. The largest absolute Gasteiger partial charge is 0.327 e. The summed E-state index contributed by atoms with van der Waals surface area (Å²) in [6.45, 7) is 6.95. The highest BCUT2D eigenvalue weighted by Gasteiger charge is 2.17. The SMILES string of the molecule is CCCCCCCCCCCCCCCCCC(CCCCCCCCCCCCCCCC)C(N)CCCCCCCCCCCCCCCC. The van der Waals surface area contributed by atoms with Crippen molar-refractivity contribution in [1.82, 2.24) is 0 Å². The standard InChI is InChI=1S/C51H105N/c1-4-7-10-13-16-19-22-25-28-30-33-36-39-42-45-48-50(47-44-41-38-35-32-29-26-23-20-17-14-11-8-5-2)51(52)49-46-43-40-37-34-31-27-24-21-18-15-12-9-6-3/h50-51H,4-49,52H2,1-3H3. The van der Waals surface area contributed by atoms with Crippen molar-refractivity contribution in [3.05, 3.63) is 0 Å². The first-order chi connectivity index (χ1) is 25.8. The fourth-order valence-electron chi connectivity index (χ4n) is 8.76. The van der Waals surface area contributed by atoms with E-state index >= 15 is 0 Å². The van der Waals surface area contributed by atoms with E-state index in [1.807, 2.05) is 0 Å². The molecule has 0 aliphatic rings. The third-order valence-electron chi connectivity index (χ3n) is 12.6. The minimum Gasteiger partial charge on any atom is -0.327 e. The summed E-state index contributed by atoms with van der Waals surface area (Å²) in [6.07, 6.45) is 66.5. The van der Waals surface area contributed by atoms with Crippen molar-refractivity contribution >= 4 is 0 Å². The number of rotatable bonds is 47. The van der Waals surface area contributed by atoms with Crippen LogP contribution in [-0.4, -0.2) is 6.04 Å². The molecule has 0 aromatic heterocycles. The van der Waals surface area contributed by atoms with Gasteiger partial charge < -0.3 is 5.73 Å². The maximum absolute atomic E-state index is 6.98. The van der Waals surface area contributed by atoms with Gasteiger partial charge in [-0.2, -0.15) is 0 Å². The van der Waals surface area contributed by atoms with Crippen LogP contribution in [0.25, 0.3) is 0 Å². The monoisotopic (exact) mass is 732 g/mol. The average Bonchev–Trinajstić information content (AvgIpc) is 3.15. The molecule has 0 aliphatic heterocycles. The van der Waals surface area contributed by atoms with Crippen LogP contribution in [0, 0.1) is 5.92 Å². The fraction of sp³-hybridized carbons (Fsp3) is 1.00. The first-order valence-corrected chi connectivity index (χ1v) is 25.5. The second-order valence-corrected chi connectivity index (χ2v) is 17.9. The molecule has 0 aliphatic carbocycles. The third-order valence-corrected chi connectivity index (χ3v) is 12.6. The van der Waals surface area contributed by atoms with Gasteiger partial charge in [0, 0.05) is 6.04 Å². The molecule has 0 radical (unpaired) electrons. The van der Waals surface area contributed by atoms with Crippen LogP contribution >= 0.6 is 0 Å². The maximum atomic E-state index is 6.98. The second kappa shape index (κ2) is 47.1. The molecule has 1 nitrogen and oxygen atoms in total. The van der Waals surface area contributed by atoms with Gasteiger partial charge >= 0.3 is 0 Å². The molecule has 0 heterocycles. The van der Waals surface area contributed by atoms with E-state index in [9.17, 15) is 0 Å². The van der Waals surface area contributed by atoms with E-state index in [2.05, 4.69) is 20.8 Å². The van der Waals surface area contributed by atoms with Crippen LogP contribution in [0.15, 0.2) is 0 Å². The van der Waals surface area contributed by atoms with Crippen LogP contribution in [0.5, 0.6) is 0 Å². The third kappa shape index (κ3) is 42.7. The fourth-order valence-corrected chi connectivity index (χ4v) is 8.76. The Morgan fingerprint density at radius 1 is 0.212 bits per heavy atom. The topological polar surface area (TPSA) is 26.0 Å². The zero-order chi connectivity index (χ0) is 37.7. The number of unbranched alkanes of at least 4 members (excludes halogenated alkanes) is 40. The van der Waals surface area contributed by atoms with Gasteiger partial charge in [-0.15, -0.1) is 0 Å². The number of nitrogens with two attached hydrogens (primary N) is 1. The van der Waals surface area contributed by atoms with Gasteiger partial charge in [0.2, 0.25) is 0 Å². The molecule has 0 saturated carbocycles. The second-order valence-electron chi connectivity index (χ2n) is 17.9. The first-order valence-electron chi connectivity index (χ1n) is 25.5. The molecular formula is C51H105N. The lowest BCUT2D eigenvalue weighted by Crippen LogP contribution is -2.30. The van der Waals surface area contributed by atoms with Crippen LogP contribution in [0.3, 0.4) is 0 Å². The molecule has 2 atom stereocenters. The Bertz CT molecular complexity index is 600. The van der Waals surface area contributed by atoms with E-state index in [4.69, 9.17) is 5.73 Å². The quantitative estimate of drug-likeness (QED) is 0.0620. The van der Waals surface area contributed by atoms with Gasteiger partial charge in [-0.3, -0.25) is 0 Å². The molecule has 0 aromatic carbocycles. The summed E-state index contributed by atoms with van der Waals surface area (Å²) in [5, 5.41) is 0. The van der Waals surface area contributed by atoms with Gasteiger partial charge in [0.25, 0.3) is 0 Å². The molecule has 0 saturated heterocycles. The van der Waals surface area contributed by atoms with E-state index < -0.39 is 0 Å². The molecular weight excluding hydrogens is 627 g/mol. The molecule has 314 valence electrons. The van der Waals surface area contributed by atoms with Gasteiger partial charge in [0.1, 0.15) is 0 Å². The molecule has 0 bridgehead atoms. The molecule has 2 N–H and O–H groups in total.